The number of hydrogen-bond acceptors (Lipinski definition) is 4. The maximum atomic E-state index is 9.93. The number of halogens is 1. The smallest absolute Gasteiger partial charge is 0.144 e. The second-order valence-electron chi connectivity index (χ2n) is 6.97. The molecule has 0 radical (unpaired) electrons. The second kappa shape index (κ2) is 10.6. The fourth-order valence-corrected chi connectivity index (χ4v) is 2.86. The molecule has 0 saturated heterocycles. The molecule has 1 unspecified atom stereocenters. The van der Waals surface area contributed by atoms with Crippen LogP contribution in [0.5, 0.6) is 0 Å². The van der Waals surface area contributed by atoms with Crippen LogP contribution in [0, 0.1) is 5.92 Å². The Morgan fingerprint density at radius 3 is 2.64 bits per heavy atom. The van der Waals surface area contributed by atoms with Crippen LogP contribution in [0.25, 0.3) is 6.08 Å². The molecular weight excluding hydrogens is 336 g/mol. The molecule has 1 aromatic rings. The van der Waals surface area contributed by atoms with E-state index in [1.807, 2.05) is 24.3 Å². The third-order valence-electron chi connectivity index (χ3n) is 4.07. The first-order chi connectivity index (χ1) is 12.0. The van der Waals surface area contributed by atoms with Gasteiger partial charge in [-0.05, 0) is 67.5 Å². The van der Waals surface area contributed by atoms with Crippen molar-refractivity contribution in [3.05, 3.63) is 40.4 Å². The minimum absolute atomic E-state index is 0.211. The van der Waals surface area contributed by atoms with Gasteiger partial charge in [0.1, 0.15) is 12.7 Å². The molecule has 1 saturated carbocycles. The molecule has 0 bridgehead atoms. The lowest BCUT2D eigenvalue weighted by atomic mass is 9.91. The molecule has 0 heterocycles. The molecule has 4 nitrogen and oxygen atoms in total. The van der Waals surface area contributed by atoms with Gasteiger partial charge in [0, 0.05) is 11.6 Å². The highest BCUT2D eigenvalue weighted by Crippen LogP contribution is 2.24. The molecule has 1 fully saturated rings. The molecule has 25 heavy (non-hydrogen) atoms. The van der Waals surface area contributed by atoms with Crippen LogP contribution in [0.1, 0.15) is 45.1 Å². The Balaban J connectivity index is 1.89. The number of nitrogens with zero attached hydrogens (tertiary/aromatic N) is 1. The zero-order valence-corrected chi connectivity index (χ0v) is 15.9. The van der Waals surface area contributed by atoms with Crippen LogP contribution in [0.4, 0.5) is 0 Å². The summed E-state index contributed by atoms with van der Waals surface area (Å²) in [5.41, 5.74) is 3.32. The predicted octanol–water partition coefficient (Wildman–Crippen LogP) is 4.28. The number of aliphatic hydroxyl groups is 1. The molecule has 5 heteroatoms. The number of nitrogens with one attached hydrogen (secondary N) is 1. The minimum Gasteiger partial charge on any atom is -0.393 e. The molecule has 1 atom stereocenters. The standard InChI is InChI=1S/C20H29ClN2O2/c1-15(2)12-22-13-19(24)14-25-23-20-6-4-3-5-17(20)11-16-7-9-18(21)10-8-16/h7-11,15,19,22,24H,3-6,12-14H2,1-2H3/b17-11+,23-20+. The first-order valence-corrected chi connectivity index (χ1v) is 9.46. The molecule has 2 N–H and O–H groups in total. The van der Waals surface area contributed by atoms with E-state index in [1.54, 1.807) is 0 Å². The zero-order valence-electron chi connectivity index (χ0n) is 15.2. The third-order valence-corrected chi connectivity index (χ3v) is 4.32. The highest BCUT2D eigenvalue weighted by molar-refractivity contribution is 6.30. The molecule has 0 spiro atoms. The average Bonchev–Trinajstić information content (AvgIpc) is 2.58. The van der Waals surface area contributed by atoms with E-state index in [0.29, 0.717) is 12.5 Å². The summed E-state index contributed by atoms with van der Waals surface area (Å²) in [6, 6.07) is 7.80. The summed E-state index contributed by atoms with van der Waals surface area (Å²) in [7, 11) is 0. The van der Waals surface area contributed by atoms with Crippen molar-refractivity contribution in [1.29, 1.82) is 0 Å². The number of rotatable bonds is 8. The van der Waals surface area contributed by atoms with Crippen LogP contribution in [-0.4, -0.2) is 36.6 Å². The first kappa shape index (κ1) is 20.0. The first-order valence-electron chi connectivity index (χ1n) is 9.08. The topological polar surface area (TPSA) is 53.8 Å². The van der Waals surface area contributed by atoms with E-state index in [4.69, 9.17) is 16.4 Å². The Hall–Kier alpha value is -1.36. The lowest BCUT2D eigenvalue weighted by Gasteiger charge is -2.17. The van der Waals surface area contributed by atoms with Gasteiger partial charge in [0.25, 0.3) is 0 Å². The largest absolute Gasteiger partial charge is 0.393 e. The number of allylic oxidation sites excluding steroid dienone is 1. The molecule has 2 rings (SSSR count). The van der Waals surface area contributed by atoms with Crippen LogP contribution in [-0.2, 0) is 4.84 Å². The van der Waals surface area contributed by atoms with Gasteiger partial charge in [-0.2, -0.15) is 0 Å². The number of aliphatic hydroxyl groups excluding tert-OH is 1. The van der Waals surface area contributed by atoms with Crippen LogP contribution >= 0.6 is 11.6 Å². The lowest BCUT2D eigenvalue weighted by molar-refractivity contribution is 0.0398. The minimum atomic E-state index is -0.546. The van der Waals surface area contributed by atoms with Gasteiger partial charge < -0.3 is 15.3 Å². The van der Waals surface area contributed by atoms with Gasteiger partial charge in [-0.1, -0.05) is 42.7 Å². The van der Waals surface area contributed by atoms with Crippen molar-refractivity contribution in [2.24, 2.45) is 11.1 Å². The van der Waals surface area contributed by atoms with Gasteiger partial charge in [-0.3, -0.25) is 0 Å². The van der Waals surface area contributed by atoms with E-state index in [9.17, 15) is 5.11 Å². The summed E-state index contributed by atoms with van der Waals surface area (Å²) in [4.78, 5) is 5.42. The quantitative estimate of drug-likeness (QED) is 0.677. The highest BCUT2D eigenvalue weighted by Gasteiger charge is 2.14. The molecule has 0 aromatic heterocycles. The van der Waals surface area contributed by atoms with Gasteiger partial charge in [0.15, 0.2) is 0 Å². The maximum absolute atomic E-state index is 9.93. The zero-order chi connectivity index (χ0) is 18.1. The normalized spacial score (nSPS) is 19.6. The molecule has 1 aliphatic rings. The van der Waals surface area contributed by atoms with Gasteiger partial charge in [-0.25, -0.2) is 0 Å². The summed E-state index contributed by atoms with van der Waals surface area (Å²) in [6.45, 7) is 5.90. The summed E-state index contributed by atoms with van der Waals surface area (Å²) in [5, 5.41) is 18.2. The van der Waals surface area contributed by atoms with E-state index < -0.39 is 6.10 Å². The fraction of sp³-hybridized carbons (Fsp3) is 0.550. The molecule has 0 amide bonds. The summed E-state index contributed by atoms with van der Waals surface area (Å²) in [5.74, 6) is 0.566. The predicted molar refractivity (Wildman–Crippen MR) is 105 cm³/mol. The molecule has 1 aliphatic carbocycles. The van der Waals surface area contributed by atoms with Gasteiger partial charge in [0.05, 0.1) is 5.71 Å². The van der Waals surface area contributed by atoms with Crippen LogP contribution in [0.3, 0.4) is 0 Å². The summed E-state index contributed by atoms with van der Waals surface area (Å²) in [6.07, 6.45) is 5.82. The van der Waals surface area contributed by atoms with Crippen molar-refractivity contribution in [1.82, 2.24) is 5.32 Å². The molecule has 0 aliphatic heterocycles. The van der Waals surface area contributed by atoms with Crippen LogP contribution in [0.15, 0.2) is 35.0 Å². The summed E-state index contributed by atoms with van der Waals surface area (Å²) >= 11 is 5.94. The maximum Gasteiger partial charge on any atom is 0.144 e. The van der Waals surface area contributed by atoms with Crippen molar-refractivity contribution in [3.8, 4) is 0 Å². The number of benzene rings is 1. The monoisotopic (exact) mass is 364 g/mol. The Morgan fingerprint density at radius 1 is 1.20 bits per heavy atom. The fourth-order valence-electron chi connectivity index (χ4n) is 2.73. The Labute approximate surface area is 155 Å². The van der Waals surface area contributed by atoms with Crippen molar-refractivity contribution < 1.29 is 9.94 Å². The lowest BCUT2D eigenvalue weighted by Crippen LogP contribution is -2.32. The number of oxime groups is 1. The van der Waals surface area contributed by atoms with E-state index in [2.05, 4.69) is 30.4 Å². The van der Waals surface area contributed by atoms with Gasteiger partial charge in [0.2, 0.25) is 0 Å². The van der Waals surface area contributed by atoms with Crippen molar-refractivity contribution in [2.75, 3.05) is 19.7 Å². The summed E-state index contributed by atoms with van der Waals surface area (Å²) < 4.78 is 0. The van der Waals surface area contributed by atoms with E-state index in [1.165, 1.54) is 12.0 Å². The van der Waals surface area contributed by atoms with Crippen molar-refractivity contribution in [3.63, 3.8) is 0 Å². The molecule has 138 valence electrons. The molecular formula is C20H29ClN2O2. The van der Waals surface area contributed by atoms with E-state index in [0.717, 1.165) is 42.1 Å². The van der Waals surface area contributed by atoms with Gasteiger partial charge in [-0.15, -0.1) is 0 Å². The number of hydrogen-bond donors (Lipinski definition) is 2. The van der Waals surface area contributed by atoms with E-state index >= 15 is 0 Å². The average molecular weight is 365 g/mol. The van der Waals surface area contributed by atoms with Gasteiger partial charge >= 0.3 is 0 Å². The van der Waals surface area contributed by atoms with Crippen LogP contribution in [0.2, 0.25) is 5.02 Å². The Bertz CT molecular complexity index is 582. The third kappa shape index (κ3) is 7.59. The second-order valence-corrected chi connectivity index (χ2v) is 7.40. The highest BCUT2D eigenvalue weighted by atomic mass is 35.5. The van der Waals surface area contributed by atoms with Crippen molar-refractivity contribution in [2.45, 2.75) is 45.6 Å². The van der Waals surface area contributed by atoms with Crippen molar-refractivity contribution >= 4 is 23.4 Å². The SMILES string of the molecule is CC(C)CNCC(O)CO/N=C1\CCCC\C1=C/c1ccc(Cl)cc1. The Morgan fingerprint density at radius 2 is 1.92 bits per heavy atom. The molecule has 1 aromatic carbocycles. The van der Waals surface area contributed by atoms with E-state index in [-0.39, 0.29) is 6.61 Å². The Kier molecular flexibility index (Phi) is 8.45. The van der Waals surface area contributed by atoms with Crippen LogP contribution < -0.4 is 5.32 Å².